The van der Waals surface area contributed by atoms with Crippen LogP contribution in [0, 0.1) is 10.1 Å². The SMILES string of the molecule is CC1=C(C(=O)Nc2ccccc2)C(c2ccccc2)n2nc(-c3ccc([N+](=O)[O-])cc3)nc2N1. The maximum atomic E-state index is 13.4. The average Bonchev–Trinajstić information content (AvgIpc) is 3.28. The summed E-state index contributed by atoms with van der Waals surface area (Å²) in [6.45, 7) is 1.83. The summed E-state index contributed by atoms with van der Waals surface area (Å²) in [6, 6.07) is 24.4. The van der Waals surface area contributed by atoms with Gasteiger partial charge in [-0.25, -0.2) is 4.68 Å². The number of amides is 1. The topological polar surface area (TPSA) is 115 Å². The van der Waals surface area contributed by atoms with E-state index in [0.29, 0.717) is 34.3 Å². The standard InChI is InChI=1S/C25H20N6O3/c1-16-21(24(32)27-19-10-6-3-7-11-19)22(17-8-4-2-5-9-17)30-25(26-16)28-23(29-30)18-12-14-20(15-13-18)31(33)34/h2-15,22H,1H3,(H,27,32)(H,26,28,29). The van der Waals surface area contributed by atoms with E-state index in [-0.39, 0.29) is 11.6 Å². The lowest BCUT2D eigenvalue weighted by Crippen LogP contribution is -2.31. The van der Waals surface area contributed by atoms with Crippen molar-refractivity contribution in [1.29, 1.82) is 0 Å². The number of rotatable bonds is 5. The zero-order chi connectivity index (χ0) is 23.7. The van der Waals surface area contributed by atoms with Gasteiger partial charge < -0.3 is 10.6 Å². The number of nitrogens with one attached hydrogen (secondary N) is 2. The number of aromatic nitrogens is 3. The van der Waals surface area contributed by atoms with Crippen LogP contribution in [0.1, 0.15) is 18.5 Å². The average molecular weight is 452 g/mol. The third-order valence-corrected chi connectivity index (χ3v) is 5.58. The van der Waals surface area contributed by atoms with Crippen LogP contribution in [0.5, 0.6) is 0 Å². The van der Waals surface area contributed by atoms with Crippen molar-refractivity contribution >= 4 is 23.2 Å². The molecule has 0 bridgehead atoms. The van der Waals surface area contributed by atoms with E-state index in [4.69, 9.17) is 0 Å². The molecule has 2 heterocycles. The fourth-order valence-corrected chi connectivity index (χ4v) is 3.96. The Labute approximate surface area is 194 Å². The number of hydrogen-bond acceptors (Lipinski definition) is 6. The summed E-state index contributed by atoms with van der Waals surface area (Å²) in [5.41, 5.74) is 3.37. The number of para-hydroxylation sites is 1. The Morgan fingerprint density at radius 1 is 1.00 bits per heavy atom. The van der Waals surface area contributed by atoms with Gasteiger partial charge in [0.1, 0.15) is 6.04 Å². The molecule has 0 radical (unpaired) electrons. The van der Waals surface area contributed by atoms with Gasteiger partial charge in [-0.15, -0.1) is 5.10 Å². The molecule has 0 aliphatic carbocycles. The number of allylic oxidation sites excluding steroid dienone is 1. The van der Waals surface area contributed by atoms with E-state index in [1.165, 1.54) is 12.1 Å². The number of fused-ring (bicyclic) bond motifs is 1. The van der Waals surface area contributed by atoms with Crippen LogP contribution in [0.4, 0.5) is 17.3 Å². The van der Waals surface area contributed by atoms with Gasteiger partial charge in [-0.1, -0.05) is 48.5 Å². The van der Waals surface area contributed by atoms with Crippen LogP contribution in [-0.2, 0) is 4.79 Å². The molecule has 0 saturated carbocycles. The van der Waals surface area contributed by atoms with Gasteiger partial charge in [0, 0.05) is 29.1 Å². The van der Waals surface area contributed by atoms with Crippen molar-refractivity contribution in [3.63, 3.8) is 0 Å². The Balaban J connectivity index is 1.57. The number of carbonyl (C=O) groups is 1. The van der Waals surface area contributed by atoms with Crippen LogP contribution in [0.2, 0.25) is 0 Å². The van der Waals surface area contributed by atoms with Crippen LogP contribution in [0.25, 0.3) is 11.4 Å². The first-order valence-corrected chi connectivity index (χ1v) is 10.6. The first-order chi connectivity index (χ1) is 16.5. The Morgan fingerprint density at radius 3 is 2.29 bits per heavy atom. The molecule has 2 N–H and O–H groups in total. The number of anilines is 2. The zero-order valence-corrected chi connectivity index (χ0v) is 18.2. The lowest BCUT2D eigenvalue weighted by atomic mass is 9.95. The molecule has 9 nitrogen and oxygen atoms in total. The van der Waals surface area contributed by atoms with Crippen LogP contribution >= 0.6 is 0 Å². The molecule has 1 aliphatic rings. The van der Waals surface area contributed by atoms with E-state index in [9.17, 15) is 14.9 Å². The van der Waals surface area contributed by atoms with Gasteiger partial charge in [0.25, 0.3) is 11.6 Å². The van der Waals surface area contributed by atoms with Crippen molar-refractivity contribution in [3.05, 3.63) is 112 Å². The van der Waals surface area contributed by atoms with E-state index in [0.717, 1.165) is 5.56 Å². The monoisotopic (exact) mass is 452 g/mol. The molecule has 1 amide bonds. The summed E-state index contributed by atoms with van der Waals surface area (Å²) in [5.74, 6) is 0.634. The van der Waals surface area contributed by atoms with Crippen molar-refractivity contribution in [2.24, 2.45) is 0 Å². The number of carbonyl (C=O) groups excluding carboxylic acids is 1. The van der Waals surface area contributed by atoms with Gasteiger partial charge >= 0.3 is 0 Å². The number of nitro groups is 1. The molecular formula is C25H20N6O3. The molecule has 168 valence electrons. The lowest BCUT2D eigenvalue weighted by Gasteiger charge is -2.28. The highest BCUT2D eigenvalue weighted by molar-refractivity contribution is 6.06. The number of nitro benzene ring substituents is 1. The van der Waals surface area contributed by atoms with Gasteiger partial charge in [0.2, 0.25) is 5.95 Å². The van der Waals surface area contributed by atoms with Gasteiger partial charge in [-0.3, -0.25) is 14.9 Å². The van der Waals surface area contributed by atoms with Crippen molar-refractivity contribution < 1.29 is 9.72 Å². The lowest BCUT2D eigenvalue weighted by molar-refractivity contribution is -0.384. The Hall–Kier alpha value is -4.79. The minimum atomic E-state index is -0.513. The van der Waals surface area contributed by atoms with Gasteiger partial charge in [-0.05, 0) is 36.8 Å². The fraction of sp³-hybridized carbons (Fsp3) is 0.0800. The molecule has 3 aromatic carbocycles. The minimum absolute atomic E-state index is 0.00890. The normalized spacial score (nSPS) is 14.8. The summed E-state index contributed by atoms with van der Waals surface area (Å²) >= 11 is 0. The van der Waals surface area contributed by atoms with Crippen molar-refractivity contribution in [1.82, 2.24) is 14.8 Å². The molecule has 1 aliphatic heterocycles. The van der Waals surface area contributed by atoms with E-state index in [2.05, 4.69) is 20.7 Å². The third kappa shape index (κ3) is 3.90. The first-order valence-electron chi connectivity index (χ1n) is 10.6. The van der Waals surface area contributed by atoms with Gasteiger partial charge in [0.15, 0.2) is 5.82 Å². The predicted octanol–water partition coefficient (Wildman–Crippen LogP) is 4.78. The molecule has 1 atom stereocenters. The van der Waals surface area contributed by atoms with Crippen LogP contribution < -0.4 is 10.6 Å². The molecule has 9 heteroatoms. The molecule has 0 spiro atoms. The smallest absolute Gasteiger partial charge is 0.269 e. The second-order valence-electron chi connectivity index (χ2n) is 7.80. The second kappa shape index (κ2) is 8.62. The van der Waals surface area contributed by atoms with Crippen LogP contribution in [0.15, 0.2) is 96.2 Å². The molecule has 0 saturated heterocycles. The highest BCUT2D eigenvalue weighted by Gasteiger charge is 2.34. The quantitative estimate of drug-likeness (QED) is 0.333. The second-order valence-corrected chi connectivity index (χ2v) is 7.80. The number of benzene rings is 3. The molecule has 1 unspecified atom stereocenters. The summed E-state index contributed by atoms with van der Waals surface area (Å²) < 4.78 is 1.68. The van der Waals surface area contributed by atoms with E-state index in [1.807, 2.05) is 67.6 Å². The van der Waals surface area contributed by atoms with Gasteiger partial charge in [-0.2, -0.15) is 4.98 Å². The van der Waals surface area contributed by atoms with Crippen molar-refractivity contribution in [2.45, 2.75) is 13.0 Å². The summed E-state index contributed by atoms with van der Waals surface area (Å²) in [6.07, 6.45) is 0. The largest absolute Gasteiger partial charge is 0.328 e. The van der Waals surface area contributed by atoms with E-state index in [1.54, 1.807) is 16.8 Å². The molecular weight excluding hydrogens is 432 g/mol. The van der Waals surface area contributed by atoms with Gasteiger partial charge in [0.05, 0.1) is 10.5 Å². The molecule has 34 heavy (non-hydrogen) atoms. The van der Waals surface area contributed by atoms with Crippen LogP contribution in [0.3, 0.4) is 0 Å². The number of hydrogen-bond donors (Lipinski definition) is 2. The molecule has 0 fully saturated rings. The zero-order valence-electron chi connectivity index (χ0n) is 18.2. The predicted molar refractivity (Wildman–Crippen MR) is 128 cm³/mol. The number of nitrogens with zero attached hydrogens (tertiary/aromatic N) is 4. The van der Waals surface area contributed by atoms with Crippen molar-refractivity contribution in [3.8, 4) is 11.4 Å². The summed E-state index contributed by atoms with van der Waals surface area (Å²) in [5, 5.41) is 21.8. The maximum absolute atomic E-state index is 13.4. The molecule has 5 rings (SSSR count). The van der Waals surface area contributed by atoms with Crippen LogP contribution in [-0.4, -0.2) is 25.6 Å². The summed E-state index contributed by atoms with van der Waals surface area (Å²) in [7, 11) is 0. The maximum Gasteiger partial charge on any atom is 0.269 e. The Bertz CT molecular complexity index is 1400. The first kappa shape index (κ1) is 21.1. The highest BCUT2D eigenvalue weighted by Crippen LogP contribution is 2.36. The molecule has 4 aromatic rings. The Kier molecular flexibility index (Phi) is 5.35. The third-order valence-electron chi connectivity index (χ3n) is 5.58. The van der Waals surface area contributed by atoms with Crippen molar-refractivity contribution in [2.75, 3.05) is 10.6 Å². The highest BCUT2D eigenvalue weighted by atomic mass is 16.6. The van der Waals surface area contributed by atoms with E-state index < -0.39 is 11.0 Å². The number of non-ortho nitro benzene ring substituents is 1. The Morgan fingerprint density at radius 2 is 1.65 bits per heavy atom. The van der Waals surface area contributed by atoms with E-state index >= 15 is 0 Å². The summed E-state index contributed by atoms with van der Waals surface area (Å²) in [4.78, 5) is 28.6. The molecule has 1 aromatic heterocycles. The fourth-order valence-electron chi connectivity index (χ4n) is 3.96. The minimum Gasteiger partial charge on any atom is -0.328 e.